The summed E-state index contributed by atoms with van der Waals surface area (Å²) in [4.78, 5) is 29.9. The molecule has 25 heavy (non-hydrogen) atoms. The van der Waals surface area contributed by atoms with E-state index in [1.807, 2.05) is 17.8 Å². The van der Waals surface area contributed by atoms with E-state index in [2.05, 4.69) is 4.98 Å². The number of carbonyl (C=O) groups is 2. The highest BCUT2D eigenvalue weighted by molar-refractivity contribution is 7.98. The topological polar surface area (TPSA) is 88.6 Å². The molecule has 8 heteroatoms. The summed E-state index contributed by atoms with van der Waals surface area (Å²) >= 11 is 1.53. The minimum atomic E-state index is -0.850. The number of carbonyl (C=O) groups excluding carboxylic acids is 1. The van der Waals surface area contributed by atoms with E-state index in [1.165, 1.54) is 11.8 Å². The number of carboxylic acid groups (broad SMARTS) is 1. The molecule has 7 nitrogen and oxygen atoms in total. The molecule has 0 saturated carbocycles. The smallest absolute Gasteiger partial charge is 0.308 e. The van der Waals surface area contributed by atoms with Gasteiger partial charge in [0.1, 0.15) is 5.76 Å². The number of aryl methyl sites for hydroxylation is 1. The van der Waals surface area contributed by atoms with Crippen LogP contribution in [-0.2, 0) is 17.6 Å². The van der Waals surface area contributed by atoms with Gasteiger partial charge in [0.15, 0.2) is 10.9 Å². The molecule has 1 aliphatic heterocycles. The Morgan fingerprint density at radius 3 is 2.92 bits per heavy atom. The van der Waals surface area contributed by atoms with Gasteiger partial charge in [-0.25, -0.2) is 4.98 Å². The second-order valence-corrected chi connectivity index (χ2v) is 7.14. The highest BCUT2D eigenvalue weighted by atomic mass is 32.2. The number of aliphatic carboxylic acids is 1. The van der Waals surface area contributed by atoms with Crippen LogP contribution in [-0.4, -0.2) is 44.0 Å². The van der Waals surface area contributed by atoms with E-state index in [0.717, 1.165) is 5.16 Å². The van der Waals surface area contributed by atoms with Crippen molar-refractivity contribution in [1.29, 1.82) is 0 Å². The van der Waals surface area contributed by atoms with Crippen LogP contribution in [0.2, 0.25) is 0 Å². The lowest BCUT2D eigenvalue weighted by molar-refractivity contribution is -0.145. The number of likely N-dealkylation sites (tertiary alicyclic amines) is 1. The summed E-state index contributed by atoms with van der Waals surface area (Å²) in [7, 11) is 1.92. The van der Waals surface area contributed by atoms with Crippen molar-refractivity contribution in [3.63, 3.8) is 0 Å². The van der Waals surface area contributed by atoms with Gasteiger partial charge < -0.3 is 19.0 Å². The van der Waals surface area contributed by atoms with Gasteiger partial charge in [-0.1, -0.05) is 11.8 Å². The summed E-state index contributed by atoms with van der Waals surface area (Å²) in [5.74, 6) is -0.0932. The van der Waals surface area contributed by atoms with Gasteiger partial charge in [-0.05, 0) is 31.9 Å². The molecule has 3 rings (SSSR count). The van der Waals surface area contributed by atoms with Gasteiger partial charge >= 0.3 is 5.97 Å². The van der Waals surface area contributed by atoms with Gasteiger partial charge in [0, 0.05) is 32.0 Å². The zero-order valence-electron chi connectivity index (χ0n) is 14.2. The molecule has 1 N–H and O–H groups in total. The van der Waals surface area contributed by atoms with Crippen LogP contribution in [0.1, 0.15) is 36.1 Å². The Hall–Kier alpha value is -2.22. The third kappa shape index (κ3) is 3.73. The number of piperidine rings is 1. The summed E-state index contributed by atoms with van der Waals surface area (Å²) in [6, 6.07) is 3.11. The summed E-state index contributed by atoms with van der Waals surface area (Å²) < 4.78 is 7.60. The molecule has 3 heterocycles. The van der Waals surface area contributed by atoms with Gasteiger partial charge in [-0.15, -0.1) is 0 Å². The first-order chi connectivity index (χ1) is 12.0. The van der Waals surface area contributed by atoms with Gasteiger partial charge in [-0.2, -0.15) is 0 Å². The molecule has 1 amide bonds. The van der Waals surface area contributed by atoms with E-state index in [1.54, 1.807) is 30.2 Å². The predicted octanol–water partition coefficient (Wildman–Crippen LogP) is 2.63. The van der Waals surface area contributed by atoms with Gasteiger partial charge in [0.2, 0.25) is 0 Å². The third-order valence-corrected chi connectivity index (χ3v) is 5.64. The molecular weight excluding hydrogens is 342 g/mol. The lowest BCUT2D eigenvalue weighted by atomic mass is 9.90. The number of imidazole rings is 1. The number of hydrogen-bond acceptors (Lipinski definition) is 5. The largest absolute Gasteiger partial charge is 0.481 e. The fourth-order valence-electron chi connectivity index (χ4n) is 3.10. The van der Waals surface area contributed by atoms with Crippen LogP contribution in [0.4, 0.5) is 0 Å². The second kappa shape index (κ2) is 7.35. The molecular formula is C17H21N3O4S. The Kier molecular flexibility index (Phi) is 5.17. The van der Waals surface area contributed by atoms with Crippen molar-refractivity contribution >= 4 is 23.6 Å². The molecule has 1 fully saturated rings. The zero-order valence-corrected chi connectivity index (χ0v) is 15.0. The van der Waals surface area contributed by atoms with E-state index in [-0.39, 0.29) is 17.7 Å². The summed E-state index contributed by atoms with van der Waals surface area (Å²) in [6.07, 6.45) is 4.89. The molecule has 0 spiro atoms. The van der Waals surface area contributed by atoms with Crippen molar-refractivity contribution in [3.8, 4) is 0 Å². The molecule has 0 unspecified atom stereocenters. The molecule has 0 bridgehead atoms. The van der Waals surface area contributed by atoms with Crippen molar-refractivity contribution in [2.75, 3.05) is 6.54 Å². The van der Waals surface area contributed by atoms with Crippen LogP contribution in [0.3, 0.4) is 0 Å². The number of hydrogen-bond donors (Lipinski definition) is 1. The van der Waals surface area contributed by atoms with E-state index in [0.29, 0.717) is 30.9 Å². The van der Waals surface area contributed by atoms with E-state index in [9.17, 15) is 14.7 Å². The maximum atomic E-state index is 12.7. The molecule has 0 aliphatic carbocycles. The number of carboxylic acids is 1. The first-order valence-electron chi connectivity index (χ1n) is 8.20. The Labute approximate surface area is 150 Å². The van der Waals surface area contributed by atoms with Crippen LogP contribution in [0.25, 0.3) is 0 Å². The fourth-order valence-corrected chi connectivity index (χ4v) is 3.92. The SMILES string of the molecule is C[C@@H]1[C@H](C(=O)O)CCCN1C(=O)c1ccc(CSc2nccn2C)o1. The van der Waals surface area contributed by atoms with E-state index < -0.39 is 11.9 Å². The standard InChI is InChI=1S/C17H21N3O4S/c1-11-13(16(22)23)4-3-8-20(11)15(21)14-6-5-12(24-14)10-25-17-18-7-9-19(17)2/h5-7,9,11,13H,3-4,8,10H2,1-2H3,(H,22,23)/t11-,13-/m1/s1. The molecule has 0 radical (unpaired) electrons. The van der Waals surface area contributed by atoms with Crippen molar-refractivity contribution in [2.24, 2.45) is 13.0 Å². The van der Waals surface area contributed by atoms with E-state index >= 15 is 0 Å². The van der Waals surface area contributed by atoms with Gasteiger partial charge in [0.05, 0.1) is 11.7 Å². The molecule has 1 saturated heterocycles. The van der Waals surface area contributed by atoms with E-state index in [4.69, 9.17) is 4.42 Å². The average Bonchev–Trinajstić information content (AvgIpc) is 3.21. The fraction of sp³-hybridized carbons (Fsp3) is 0.471. The molecule has 134 valence electrons. The highest BCUT2D eigenvalue weighted by Gasteiger charge is 2.36. The summed E-state index contributed by atoms with van der Waals surface area (Å²) in [5.41, 5.74) is 0. The normalized spacial score (nSPS) is 20.6. The number of amides is 1. The molecule has 2 atom stereocenters. The first-order valence-corrected chi connectivity index (χ1v) is 9.18. The van der Waals surface area contributed by atoms with Crippen molar-refractivity contribution < 1.29 is 19.1 Å². The zero-order chi connectivity index (χ0) is 18.0. The van der Waals surface area contributed by atoms with Crippen LogP contribution in [0.5, 0.6) is 0 Å². The Morgan fingerprint density at radius 1 is 1.44 bits per heavy atom. The highest BCUT2D eigenvalue weighted by Crippen LogP contribution is 2.27. The second-order valence-electron chi connectivity index (χ2n) is 6.20. The number of thioether (sulfide) groups is 1. The number of rotatable bonds is 5. The summed E-state index contributed by atoms with van der Waals surface area (Å²) in [6.45, 7) is 2.35. The van der Waals surface area contributed by atoms with Crippen LogP contribution in [0.15, 0.2) is 34.1 Å². The lowest BCUT2D eigenvalue weighted by Gasteiger charge is -2.36. The monoisotopic (exact) mass is 363 g/mol. The minimum absolute atomic E-state index is 0.244. The maximum Gasteiger partial charge on any atom is 0.308 e. The first kappa shape index (κ1) is 17.6. The molecule has 2 aromatic rings. The van der Waals surface area contributed by atoms with Crippen molar-refractivity contribution in [1.82, 2.24) is 14.5 Å². The lowest BCUT2D eigenvalue weighted by Crippen LogP contribution is -2.49. The molecule has 0 aromatic carbocycles. The van der Waals surface area contributed by atoms with Crippen molar-refractivity contribution in [2.45, 2.75) is 36.7 Å². The Morgan fingerprint density at radius 2 is 2.24 bits per heavy atom. The van der Waals surface area contributed by atoms with Crippen LogP contribution >= 0.6 is 11.8 Å². The molecule has 2 aromatic heterocycles. The third-order valence-electron chi connectivity index (χ3n) is 4.56. The van der Waals surface area contributed by atoms with Crippen LogP contribution < -0.4 is 0 Å². The van der Waals surface area contributed by atoms with Gasteiger partial charge in [-0.3, -0.25) is 9.59 Å². The maximum absolute atomic E-state index is 12.7. The number of aromatic nitrogens is 2. The predicted molar refractivity (Wildman–Crippen MR) is 92.3 cm³/mol. The van der Waals surface area contributed by atoms with Crippen molar-refractivity contribution in [3.05, 3.63) is 36.0 Å². The minimum Gasteiger partial charge on any atom is -0.481 e. The Bertz CT molecular complexity index is 770. The number of furan rings is 1. The summed E-state index contributed by atoms with van der Waals surface area (Å²) in [5, 5.41) is 10.2. The molecule has 1 aliphatic rings. The van der Waals surface area contributed by atoms with Crippen LogP contribution in [0, 0.1) is 5.92 Å². The quantitative estimate of drug-likeness (QED) is 0.822. The Balaban J connectivity index is 1.66. The number of nitrogens with zero attached hydrogens (tertiary/aromatic N) is 3. The van der Waals surface area contributed by atoms with Gasteiger partial charge in [0.25, 0.3) is 5.91 Å². The average molecular weight is 363 g/mol.